The molecule has 8 aliphatic rings. The molecule has 2 unspecified atom stereocenters. The van der Waals surface area contributed by atoms with Crippen molar-refractivity contribution in [3.05, 3.63) is 70.9 Å². The number of carbonyl (C=O) groups is 10. The van der Waals surface area contributed by atoms with Gasteiger partial charge in [0, 0.05) is 103 Å². The summed E-state index contributed by atoms with van der Waals surface area (Å²) in [6.07, 6.45) is 4.64. The molecule has 18 atom stereocenters. The number of amides is 9. The predicted octanol–water partition coefficient (Wildman–Crippen LogP) is -1.50. The molecule has 11 rings (SSSR count). The molecule has 17 N–H and O–H groups in total. The molecule has 31 heteroatoms. The molecule has 1 spiro atoms. The number of nitrogens with one attached hydrogen (secondary N) is 7. The average molecular weight is 1490 g/mol. The van der Waals surface area contributed by atoms with Crippen molar-refractivity contribution < 1.29 is 88.1 Å². The quantitative estimate of drug-likeness (QED) is 0.0305. The van der Waals surface area contributed by atoms with Crippen molar-refractivity contribution >= 4 is 75.7 Å². The van der Waals surface area contributed by atoms with Gasteiger partial charge in [-0.1, -0.05) is 77.3 Å². The molecule has 5 fully saturated rings. The monoisotopic (exact) mass is 1490 g/mol. The molecule has 2 saturated carbocycles. The Morgan fingerprint density at radius 3 is 2.07 bits per heavy atom. The van der Waals surface area contributed by atoms with Crippen LogP contribution in [0.25, 0.3) is 10.9 Å². The number of primary amides is 2. The van der Waals surface area contributed by atoms with Crippen molar-refractivity contribution in [2.75, 3.05) is 78.6 Å². The highest BCUT2D eigenvalue weighted by Crippen LogP contribution is 2.68. The lowest BCUT2D eigenvalue weighted by Gasteiger charge is -2.63. The summed E-state index contributed by atoms with van der Waals surface area (Å²) in [4.78, 5) is 153. The second kappa shape index (κ2) is 31.7. The van der Waals surface area contributed by atoms with E-state index in [4.69, 9.17) is 20.9 Å². The minimum absolute atomic E-state index is 0.0860. The number of benzene rings is 2. The second-order valence-corrected chi connectivity index (χ2v) is 31.7. The number of aliphatic hydroxyl groups excluding tert-OH is 4. The molecule has 7 heterocycles. The van der Waals surface area contributed by atoms with Crippen molar-refractivity contribution in [2.24, 2.45) is 34.6 Å². The summed E-state index contributed by atoms with van der Waals surface area (Å²) in [5, 5.41) is 88.4. The lowest BCUT2D eigenvalue weighted by molar-refractivity contribution is -0.211. The number of aromatic nitrogens is 1. The summed E-state index contributed by atoms with van der Waals surface area (Å²) in [6.45, 7) is 8.83. The van der Waals surface area contributed by atoms with Crippen LogP contribution in [0.4, 0.5) is 5.69 Å². The van der Waals surface area contributed by atoms with Crippen LogP contribution in [0.1, 0.15) is 147 Å². The number of para-hydroxylation sites is 1. The largest absolute Gasteiger partial charge is 0.496 e. The molecule has 0 radical (unpaired) electrons. The maximum atomic E-state index is 16.4. The minimum Gasteiger partial charge on any atom is -0.496 e. The number of likely N-dealkylation sites (N-methyl/N-ethyl adjacent to an activating group) is 1. The smallest absolute Gasteiger partial charge is 0.322 e. The zero-order chi connectivity index (χ0) is 77.6. The standard InChI is InChI=1S/C76H109N13O18/c1-9-72(104)33-42-34-75(71(103)107-8,59-46(23-27-87(35-42)39-72)45-19-14-15-20-49(45)80-59)48-31-47-54(32-56(48)106-7)86(6)68-74(47)25-28-88-26-16-24-73(10-2,67(74)88)69(101)76(68,105)70(102)89-36-44(92)30-55(89)65(99)79-41(5)61(95)83-53(38-91)64(98)85-58(43-17-12-11-13-18-43)66(100)81-50(21-22-57(77)93)62(96)84-52(37-90)63(97)82-51(60(78)94)29-40(3)4/h14-16,19-20,24,31-32,40-44,50-53,55,58,67-69,80,90-92,101,104-105H,9-13,17-18,21-23,25-30,33-39H2,1-8H3,(H2,77,93)(H2,78,94)(H,79,99)(H,81,100)(H,82,97)(H,83,95)(H,84,96)(H,85,98)/t41-,42+,44+,50-,51-,52-,53-,55-,58-,67-,68+,69+,72-,73+,74?,75-,76-/m0/s1. The third kappa shape index (κ3) is 14.5. The fraction of sp³-hybridized carbons (Fsp3) is 0.658. The number of piperidine rings is 1. The van der Waals surface area contributed by atoms with Gasteiger partial charge < -0.3 is 98.3 Å². The minimum atomic E-state index is -2.78. The molecule has 2 aliphatic carbocycles. The van der Waals surface area contributed by atoms with Crippen LogP contribution in [-0.4, -0.2) is 261 Å². The van der Waals surface area contributed by atoms with Crippen LogP contribution in [0.15, 0.2) is 48.6 Å². The van der Waals surface area contributed by atoms with Crippen LogP contribution in [0.3, 0.4) is 0 Å². The third-order valence-corrected chi connectivity index (χ3v) is 24.8. The van der Waals surface area contributed by atoms with Crippen molar-refractivity contribution in [3.8, 4) is 5.75 Å². The lowest BCUT2D eigenvalue weighted by Crippen LogP contribution is -2.82. The number of fused-ring (bicyclic) bond motifs is 6. The number of esters is 1. The van der Waals surface area contributed by atoms with Crippen LogP contribution in [0.2, 0.25) is 0 Å². The van der Waals surface area contributed by atoms with Crippen LogP contribution in [0, 0.1) is 23.2 Å². The fourth-order valence-electron chi connectivity index (χ4n) is 19.8. The first-order chi connectivity index (χ1) is 50.8. The Morgan fingerprint density at radius 2 is 1.42 bits per heavy atom. The average Bonchev–Trinajstić information content (AvgIpc) is 1.50. The van der Waals surface area contributed by atoms with E-state index < -0.39 is 192 Å². The zero-order valence-electron chi connectivity index (χ0n) is 62.5. The van der Waals surface area contributed by atoms with Gasteiger partial charge in [0.25, 0.3) is 5.91 Å². The number of ether oxygens (including phenoxy) is 2. The van der Waals surface area contributed by atoms with Crippen LogP contribution < -0.4 is 53.0 Å². The molecule has 6 aliphatic heterocycles. The predicted molar refractivity (Wildman–Crippen MR) is 390 cm³/mol. The first kappa shape index (κ1) is 79.7. The summed E-state index contributed by atoms with van der Waals surface area (Å²) in [7, 11) is 4.61. The van der Waals surface area contributed by atoms with Crippen molar-refractivity contribution in [1.29, 1.82) is 0 Å². The Balaban J connectivity index is 0.866. The van der Waals surface area contributed by atoms with Gasteiger partial charge in [-0.25, -0.2) is 0 Å². The summed E-state index contributed by atoms with van der Waals surface area (Å²) in [5.41, 5.74) is 6.96. The number of nitrogens with two attached hydrogens (primary N) is 2. The molecular formula is C76H109N13O18. The van der Waals surface area contributed by atoms with E-state index in [1.165, 1.54) is 21.1 Å². The molecular weight excluding hydrogens is 1380 g/mol. The van der Waals surface area contributed by atoms with E-state index in [9.17, 15) is 69.0 Å². The highest BCUT2D eigenvalue weighted by molar-refractivity contribution is 6.00. The number of methoxy groups -OCH3 is 2. The van der Waals surface area contributed by atoms with Crippen LogP contribution >= 0.6 is 0 Å². The maximum absolute atomic E-state index is 16.4. The summed E-state index contributed by atoms with van der Waals surface area (Å²) >= 11 is 0. The summed E-state index contributed by atoms with van der Waals surface area (Å²) in [5.74, 6) is -9.86. The number of likely N-dealkylation sites (tertiary alicyclic amines) is 1. The molecule has 9 amide bonds. The van der Waals surface area contributed by atoms with Crippen LogP contribution in [-0.2, 0) is 69.9 Å². The van der Waals surface area contributed by atoms with Gasteiger partial charge in [-0.3, -0.25) is 57.7 Å². The number of hydrogen-bond donors (Lipinski definition) is 15. The van der Waals surface area contributed by atoms with Gasteiger partial charge in [-0.05, 0) is 119 Å². The molecule has 31 nitrogen and oxygen atoms in total. The van der Waals surface area contributed by atoms with Crippen molar-refractivity contribution in [2.45, 2.75) is 220 Å². The molecule has 1 aromatic heterocycles. The lowest BCUT2D eigenvalue weighted by atomic mass is 9.47. The van der Waals surface area contributed by atoms with E-state index >= 15 is 9.59 Å². The van der Waals surface area contributed by atoms with E-state index in [1.54, 1.807) is 25.8 Å². The normalized spacial score (nSPS) is 30.4. The molecule has 2 aromatic carbocycles. The third-order valence-electron chi connectivity index (χ3n) is 24.8. The molecule has 586 valence electrons. The first-order valence-electron chi connectivity index (χ1n) is 37.9. The van der Waals surface area contributed by atoms with Gasteiger partial charge in [0.05, 0.1) is 45.2 Å². The zero-order valence-corrected chi connectivity index (χ0v) is 62.5. The Kier molecular flexibility index (Phi) is 23.6. The van der Waals surface area contributed by atoms with Crippen LogP contribution in [0.5, 0.6) is 5.75 Å². The van der Waals surface area contributed by atoms with Gasteiger partial charge >= 0.3 is 5.97 Å². The van der Waals surface area contributed by atoms with Gasteiger partial charge in [0.15, 0.2) is 5.60 Å². The first-order valence-corrected chi connectivity index (χ1v) is 37.9. The fourth-order valence-corrected chi connectivity index (χ4v) is 19.8. The number of aliphatic hydroxyl groups is 6. The van der Waals surface area contributed by atoms with E-state index in [-0.39, 0.29) is 37.5 Å². The Bertz CT molecular complexity index is 3940. The number of β-amino-alcohol motifs (C(OH)–C–C–N with tert-alkyl or cyclic N) is 1. The maximum Gasteiger partial charge on any atom is 0.322 e. The number of H-pyrrole nitrogens is 1. The second-order valence-electron chi connectivity index (χ2n) is 31.7. The van der Waals surface area contributed by atoms with E-state index in [1.807, 2.05) is 62.4 Å². The number of aromatic amines is 1. The van der Waals surface area contributed by atoms with Crippen molar-refractivity contribution in [3.63, 3.8) is 0 Å². The number of carbonyl (C=O) groups excluding carboxylic acids is 10. The Hall–Kier alpha value is -8.30. The van der Waals surface area contributed by atoms with Gasteiger partial charge in [0.2, 0.25) is 47.3 Å². The summed E-state index contributed by atoms with van der Waals surface area (Å²) in [6, 6.07) is -0.823. The van der Waals surface area contributed by atoms with E-state index in [2.05, 4.69) is 46.7 Å². The molecule has 2 bridgehead atoms. The number of rotatable bonds is 27. The highest BCUT2D eigenvalue weighted by Gasteiger charge is 2.79. The van der Waals surface area contributed by atoms with Gasteiger partial charge in [-0.2, -0.15) is 0 Å². The molecule has 107 heavy (non-hydrogen) atoms. The topological polar surface area (TPSA) is 464 Å². The number of nitrogens with zero attached hydrogens (tertiary/aromatic N) is 4. The van der Waals surface area contributed by atoms with E-state index in [0.717, 1.165) is 27.8 Å². The molecule has 3 saturated heterocycles. The Labute approximate surface area is 622 Å². The van der Waals surface area contributed by atoms with Gasteiger partial charge in [0.1, 0.15) is 59.6 Å². The Morgan fingerprint density at radius 1 is 0.757 bits per heavy atom. The van der Waals surface area contributed by atoms with Gasteiger partial charge in [-0.15, -0.1) is 0 Å². The molecule has 3 aromatic rings. The SMILES string of the molecule is CC[C@]1(O)C[C@H]2CN(CCc3c([nH]c4ccccc34)[C@@](C(=O)OC)(c3cc4c(cc3OC)N(C)[C@@H]3C45CCN4CC=C[C@](CC)([C@H]45)[C@@H](O)[C@]3(O)C(=O)N3C[C@H](O)C[C@H]3C(=O)N[C@@H](C)C(=O)N[C@@H](CO)C(=O)N[C@H](C(=O)N[C@@H](CCC(N)=O)C(=O)N[C@@H](CO)C(=O)N[C@@H](CC(C)C)C(N)=O)C3CCCCC3)C2)C1. The summed E-state index contributed by atoms with van der Waals surface area (Å²) < 4.78 is 12.5. The number of hydrogen-bond acceptors (Lipinski definition) is 21. The van der Waals surface area contributed by atoms with E-state index in [0.29, 0.717) is 112 Å². The number of anilines is 1. The van der Waals surface area contributed by atoms with Crippen molar-refractivity contribution in [1.82, 2.24) is 51.6 Å². The highest BCUT2D eigenvalue weighted by atomic mass is 16.5.